The number of hydrogen-bond acceptors (Lipinski definition) is 20. The zero-order valence-corrected chi connectivity index (χ0v) is 28.4. The van der Waals surface area contributed by atoms with Gasteiger partial charge >= 0.3 is 0 Å². The minimum Gasteiger partial charge on any atom is -0.507 e. The molecule has 0 bridgehead atoms. The van der Waals surface area contributed by atoms with Crippen molar-refractivity contribution in [2.75, 3.05) is 0 Å². The van der Waals surface area contributed by atoms with Gasteiger partial charge in [0.05, 0.1) is 5.69 Å². The fourth-order valence-electron chi connectivity index (χ4n) is 8.29. The molecule has 58 heavy (non-hydrogen) atoms. The second kappa shape index (κ2) is 10.2. The number of rotatable bonds is 1. The molecule has 0 fully saturated rings. The molecule has 1 heterocycles. The van der Waals surface area contributed by atoms with Crippen molar-refractivity contribution in [3.05, 3.63) is 5.56 Å². The Hall–Kier alpha value is -8.88. The largest absolute Gasteiger partial charge is 0.507 e. The first-order valence-electron chi connectivity index (χ1n) is 16.1. The van der Waals surface area contributed by atoms with Gasteiger partial charge in [0.25, 0.3) is 0 Å². The van der Waals surface area contributed by atoms with Crippen molar-refractivity contribution in [1.29, 1.82) is 0 Å². The third-order valence-corrected chi connectivity index (χ3v) is 10.8. The normalized spacial score (nSPS) is 12.2. The second-order valence-corrected chi connectivity index (χ2v) is 13.5. The van der Waals surface area contributed by atoms with E-state index in [1.165, 1.54) is 0 Å². The van der Waals surface area contributed by atoms with E-state index in [4.69, 9.17) is 0 Å². The number of phenolic OH excluding ortho intramolecular Hbond substituents is 20. The smallest absolute Gasteiger partial charge is 0.204 e. The maximum Gasteiger partial charge on any atom is 0.204 e. The maximum absolute atomic E-state index is 12.4. The average Bonchev–Trinajstić information content (AvgIpc) is 3.54. The van der Waals surface area contributed by atoms with Gasteiger partial charge in [0, 0.05) is 70.2 Å². The highest BCUT2D eigenvalue weighted by Crippen LogP contribution is 2.66. The third-order valence-electron chi connectivity index (χ3n) is 10.8. The van der Waals surface area contributed by atoms with Gasteiger partial charge in [0.1, 0.15) is 22.5 Å². The predicted octanol–water partition coefficient (Wildman–Crippen LogP) is 4.41. The van der Waals surface area contributed by atoms with E-state index in [1.807, 2.05) is 0 Å². The fourth-order valence-corrected chi connectivity index (χ4v) is 8.29. The van der Waals surface area contributed by atoms with Crippen molar-refractivity contribution in [3.63, 3.8) is 0 Å². The molecular weight excluding hydrogens is 778 g/mol. The highest BCUT2D eigenvalue weighted by Gasteiger charge is 2.38. The molecule has 0 spiro atoms. The SMILES string of the molecule is Cc1c(-n2c3c(O)c(O)c(O)c4c5c(O)c(O)c(O)c(O)c5c5c(O)c(O)c(O)c2c5c43)c(O)c2c(c1O)c1c(O)c(O)c(O)c(O)c1c1c(O)c(O)c(O)c(O)c12. The van der Waals surface area contributed by atoms with Crippen LogP contribution in [0.15, 0.2) is 0 Å². The van der Waals surface area contributed by atoms with Crippen LogP contribution in [0.1, 0.15) is 5.56 Å². The fraction of sp³-hybridized carbons (Fsp3) is 0.0270. The summed E-state index contributed by atoms with van der Waals surface area (Å²) in [5.41, 5.74) is -3.09. The number of hydrogen-bond donors (Lipinski definition) is 20. The zero-order chi connectivity index (χ0) is 42.4. The van der Waals surface area contributed by atoms with Crippen molar-refractivity contribution >= 4 is 75.7 Å². The lowest BCUT2D eigenvalue weighted by atomic mass is 9.88. The Kier molecular flexibility index (Phi) is 6.16. The third kappa shape index (κ3) is 3.42. The predicted molar refractivity (Wildman–Crippen MR) is 198 cm³/mol. The quantitative estimate of drug-likeness (QED) is 0.0620. The molecule has 0 aliphatic carbocycles. The Morgan fingerprint density at radius 3 is 0.655 bits per heavy atom. The molecule has 20 N–H and O–H groups in total. The highest BCUT2D eigenvalue weighted by atomic mass is 16.4. The van der Waals surface area contributed by atoms with Crippen LogP contribution in [-0.4, -0.2) is 107 Å². The topological polar surface area (TPSA) is 410 Å². The van der Waals surface area contributed by atoms with E-state index in [0.717, 1.165) is 6.92 Å². The molecule has 0 aliphatic heterocycles. The Bertz CT molecular complexity index is 3350. The van der Waals surface area contributed by atoms with Gasteiger partial charge in [0.15, 0.2) is 57.5 Å². The van der Waals surface area contributed by atoms with Crippen molar-refractivity contribution < 1.29 is 102 Å². The summed E-state index contributed by atoms with van der Waals surface area (Å²) in [5.74, 6) is -27.0. The Morgan fingerprint density at radius 1 is 0.207 bits per heavy atom. The lowest BCUT2D eigenvalue weighted by Gasteiger charge is -2.22. The minimum absolute atomic E-state index is 0.586. The monoisotopic (exact) mass is 801 g/mol. The summed E-state index contributed by atoms with van der Waals surface area (Å²) in [7, 11) is 0. The van der Waals surface area contributed by atoms with Crippen molar-refractivity contribution in [2.45, 2.75) is 6.92 Å². The summed E-state index contributed by atoms with van der Waals surface area (Å²) < 4.78 is 0.586. The number of nitrogens with zero attached hydrogens (tertiary/aromatic N) is 1. The number of phenols is 20. The average molecular weight is 802 g/mol. The van der Waals surface area contributed by atoms with E-state index in [0.29, 0.717) is 4.57 Å². The highest BCUT2D eigenvalue weighted by molar-refractivity contribution is 6.41. The van der Waals surface area contributed by atoms with E-state index in [2.05, 4.69) is 0 Å². The molecule has 0 unspecified atom stereocenters. The lowest BCUT2D eigenvalue weighted by Crippen LogP contribution is -2.01. The van der Waals surface area contributed by atoms with Crippen LogP contribution in [0.4, 0.5) is 0 Å². The van der Waals surface area contributed by atoms with Crippen LogP contribution >= 0.6 is 0 Å². The van der Waals surface area contributed by atoms with Gasteiger partial charge in [-0.25, -0.2) is 0 Å². The van der Waals surface area contributed by atoms with Crippen molar-refractivity contribution in [1.82, 2.24) is 4.57 Å². The molecule has 0 amide bonds. The van der Waals surface area contributed by atoms with Gasteiger partial charge in [0.2, 0.25) is 46.0 Å². The summed E-state index contributed by atoms with van der Waals surface area (Å²) in [4.78, 5) is 0. The molecule has 0 saturated carbocycles. The van der Waals surface area contributed by atoms with Gasteiger partial charge < -0.3 is 102 Å². The Balaban J connectivity index is 1.69. The first-order valence-corrected chi connectivity index (χ1v) is 16.1. The number of aromatic nitrogens is 1. The Labute approximate surface area is 315 Å². The van der Waals surface area contributed by atoms with E-state index in [9.17, 15) is 102 Å². The van der Waals surface area contributed by atoms with Crippen LogP contribution in [0.2, 0.25) is 0 Å². The minimum atomic E-state index is -1.46. The van der Waals surface area contributed by atoms with Crippen molar-refractivity contribution in [3.8, 4) is 121 Å². The molecule has 9 rings (SSSR count). The molecule has 296 valence electrons. The van der Waals surface area contributed by atoms with Crippen LogP contribution in [0.3, 0.4) is 0 Å². The molecule has 9 aromatic rings. The summed E-state index contributed by atoms with van der Waals surface area (Å²) in [6.45, 7) is 1.03. The van der Waals surface area contributed by atoms with Crippen LogP contribution in [0.25, 0.3) is 81.4 Å². The molecule has 0 saturated heterocycles. The van der Waals surface area contributed by atoms with E-state index in [1.54, 1.807) is 0 Å². The van der Waals surface area contributed by atoms with E-state index >= 15 is 0 Å². The van der Waals surface area contributed by atoms with Crippen LogP contribution < -0.4 is 0 Å². The zero-order valence-electron chi connectivity index (χ0n) is 28.4. The van der Waals surface area contributed by atoms with Gasteiger partial charge in [-0.3, -0.25) is 4.57 Å². The van der Waals surface area contributed by atoms with E-state index in [-0.39, 0.29) is 0 Å². The van der Waals surface area contributed by atoms with Crippen LogP contribution in [0.5, 0.6) is 115 Å². The van der Waals surface area contributed by atoms with Gasteiger partial charge in [-0.05, 0) is 6.92 Å². The van der Waals surface area contributed by atoms with Gasteiger partial charge in [-0.15, -0.1) is 0 Å². The Morgan fingerprint density at radius 2 is 0.397 bits per heavy atom. The molecule has 8 aromatic carbocycles. The van der Waals surface area contributed by atoms with Crippen LogP contribution in [-0.2, 0) is 0 Å². The standard InChI is InChI=1S/C37H23NO20/c1-2-15(19(40)8-7(18(2)39)11-13(26(47)36(57)34(55)24(11)45)14-12(8)25(46)35(56)37(58)27(14)48)38-16-3-4-6(21(42)31(52)29(50)17(4)38)10-9(5(3)20(41)30(51)28(16)49)22(43)32(53)33(54)23(10)44/h39-58H,1H3. The van der Waals surface area contributed by atoms with Crippen molar-refractivity contribution in [2.24, 2.45) is 0 Å². The summed E-state index contributed by atoms with van der Waals surface area (Å²) in [6, 6.07) is 0. The van der Waals surface area contributed by atoms with Gasteiger partial charge in [-0.1, -0.05) is 0 Å². The number of aromatic hydroxyl groups is 20. The van der Waals surface area contributed by atoms with E-state index < -0.39 is 202 Å². The summed E-state index contributed by atoms with van der Waals surface area (Å²) >= 11 is 0. The maximum atomic E-state index is 12.4. The first kappa shape index (κ1) is 34.9. The number of fused-ring (bicyclic) bond motifs is 9. The second-order valence-electron chi connectivity index (χ2n) is 13.5. The van der Waals surface area contributed by atoms with Crippen LogP contribution in [0, 0.1) is 6.92 Å². The molecule has 0 atom stereocenters. The first-order chi connectivity index (χ1) is 27.1. The summed E-state index contributed by atoms with van der Waals surface area (Å²) in [5, 5.41) is 212. The summed E-state index contributed by atoms with van der Waals surface area (Å²) in [6.07, 6.45) is 0. The lowest BCUT2D eigenvalue weighted by molar-refractivity contribution is 0.349. The molecule has 21 heteroatoms. The van der Waals surface area contributed by atoms with Gasteiger partial charge in [-0.2, -0.15) is 0 Å². The molecular formula is C37H23NO20. The molecule has 0 aliphatic rings. The molecule has 21 nitrogen and oxygen atoms in total. The number of benzene rings is 8. The molecule has 1 aromatic heterocycles. The molecule has 0 radical (unpaired) electrons.